The highest BCUT2D eigenvalue weighted by atomic mass is 16.5. The quantitative estimate of drug-likeness (QED) is 0.531. The lowest BCUT2D eigenvalue weighted by atomic mass is 10.3. The number of nitrogens with zero attached hydrogens (tertiary/aromatic N) is 1. The van der Waals surface area contributed by atoms with E-state index in [0.29, 0.717) is 18.0 Å². The Kier molecular flexibility index (Phi) is 7.50. The fourth-order valence-electron chi connectivity index (χ4n) is 1.87. The molecule has 1 aromatic rings. The molecule has 1 aromatic carbocycles. The number of amides is 1. The molecule has 0 aliphatic carbocycles. The van der Waals surface area contributed by atoms with E-state index < -0.39 is 0 Å². The van der Waals surface area contributed by atoms with Crippen LogP contribution in [-0.4, -0.2) is 43.6 Å². The molecule has 5 heteroatoms. The number of hydrogen-bond donors (Lipinski definition) is 2. The number of benzene rings is 1. The van der Waals surface area contributed by atoms with Crippen molar-refractivity contribution in [3.8, 4) is 5.75 Å². The van der Waals surface area contributed by atoms with Gasteiger partial charge in [0, 0.05) is 18.3 Å². The molecule has 0 radical (unpaired) electrons. The van der Waals surface area contributed by atoms with Crippen molar-refractivity contribution in [2.24, 2.45) is 0 Å². The predicted octanol–water partition coefficient (Wildman–Crippen LogP) is 1.50. The van der Waals surface area contributed by atoms with E-state index in [1.165, 1.54) is 0 Å². The zero-order valence-corrected chi connectivity index (χ0v) is 12.4. The van der Waals surface area contributed by atoms with Gasteiger partial charge in [0.15, 0.2) is 6.61 Å². The first-order valence-electron chi connectivity index (χ1n) is 7.13. The van der Waals surface area contributed by atoms with Crippen LogP contribution in [0.2, 0.25) is 0 Å². The average Bonchev–Trinajstić information content (AvgIpc) is 2.45. The Labute approximate surface area is 121 Å². The van der Waals surface area contributed by atoms with Crippen LogP contribution in [0.5, 0.6) is 5.75 Å². The maximum absolute atomic E-state index is 11.6. The fourth-order valence-corrected chi connectivity index (χ4v) is 1.87. The van der Waals surface area contributed by atoms with E-state index >= 15 is 0 Å². The number of nitrogens with one attached hydrogen (secondary N) is 1. The van der Waals surface area contributed by atoms with Crippen molar-refractivity contribution >= 4 is 11.6 Å². The highest BCUT2D eigenvalue weighted by Gasteiger charge is 2.03. The van der Waals surface area contributed by atoms with Gasteiger partial charge in [0.25, 0.3) is 5.91 Å². The Morgan fingerprint density at radius 3 is 2.75 bits per heavy atom. The number of hydrogen-bond acceptors (Lipinski definition) is 4. The van der Waals surface area contributed by atoms with E-state index in [2.05, 4.69) is 24.1 Å². The van der Waals surface area contributed by atoms with Crippen molar-refractivity contribution in [2.45, 2.75) is 20.3 Å². The summed E-state index contributed by atoms with van der Waals surface area (Å²) in [6.45, 7) is 8.07. The summed E-state index contributed by atoms with van der Waals surface area (Å²) in [6.07, 6.45) is 0.950. The zero-order chi connectivity index (χ0) is 14.8. The summed E-state index contributed by atoms with van der Waals surface area (Å²) in [7, 11) is 0. The summed E-state index contributed by atoms with van der Waals surface area (Å²) in [5.74, 6) is 0.510. The maximum atomic E-state index is 11.6. The SMILES string of the molecule is CCN(CC)CCCNC(=O)COc1cccc(N)c1. The van der Waals surface area contributed by atoms with Crippen LogP contribution in [0.25, 0.3) is 0 Å². The van der Waals surface area contributed by atoms with Crippen molar-refractivity contribution in [3.63, 3.8) is 0 Å². The van der Waals surface area contributed by atoms with Crippen LogP contribution in [0.1, 0.15) is 20.3 Å². The van der Waals surface area contributed by atoms with Gasteiger partial charge in [-0.15, -0.1) is 0 Å². The van der Waals surface area contributed by atoms with E-state index in [-0.39, 0.29) is 12.5 Å². The number of carbonyl (C=O) groups excluding carboxylic acids is 1. The average molecular weight is 279 g/mol. The first kappa shape index (κ1) is 16.3. The van der Waals surface area contributed by atoms with Crippen molar-refractivity contribution < 1.29 is 9.53 Å². The summed E-state index contributed by atoms with van der Waals surface area (Å²) in [5, 5.41) is 2.85. The second kappa shape index (κ2) is 9.20. The van der Waals surface area contributed by atoms with E-state index in [9.17, 15) is 4.79 Å². The summed E-state index contributed by atoms with van der Waals surface area (Å²) < 4.78 is 5.37. The van der Waals surface area contributed by atoms with Gasteiger partial charge in [-0.25, -0.2) is 0 Å². The monoisotopic (exact) mass is 279 g/mol. The van der Waals surface area contributed by atoms with Crippen LogP contribution in [0.4, 0.5) is 5.69 Å². The van der Waals surface area contributed by atoms with Gasteiger partial charge >= 0.3 is 0 Å². The van der Waals surface area contributed by atoms with Crippen LogP contribution in [0.3, 0.4) is 0 Å². The summed E-state index contributed by atoms with van der Waals surface area (Å²) in [5.41, 5.74) is 6.26. The molecule has 0 bridgehead atoms. The minimum absolute atomic E-state index is 0.0225. The second-order valence-electron chi connectivity index (χ2n) is 4.59. The van der Waals surface area contributed by atoms with Crippen LogP contribution < -0.4 is 15.8 Å². The molecule has 1 rings (SSSR count). The first-order chi connectivity index (χ1) is 9.65. The van der Waals surface area contributed by atoms with Crippen LogP contribution in [0.15, 0.2) is 24.3 Å². The summed E-state index contributed by atoms with van der Waals surface area (Å²) >= 11 is 0. The van der Waals surface area contributed by atoms with Crippen molar-refractivity contribution in [2.75, 3.05) is 38.5 Å². The lowest BCUT2D eigenvalue weighted by Gasteiger charge is -2.17. The van der Waals surface area contributed by atoms with Gasteiger partial charge in [-0.1, -0.05) is 19.9 Å². The molecular weight excluding hydrogens is 254 g/mol. The number of rotatable bonds is 9. The van der Waals surface area contributed by atoms with E-state index in [4.69, 9.17) is 10.5 Å². The molecule has 5 nitrogen and oxygen atoms in total. The van der Waals surface area contributed by atoms with Gasteiger partial charge in [0.2, 0.25) is 0 Å². The molecule has 0 saturated carbocycles. The number of nitrogens with two attached hydrogens (primary N) is 1. The lowest BCUT2D eigenvalue weighted by molar-refractivity contribution is -0.123. The third-order valence-electron chi connectivity index (χ3n) is 3.10. The van der Waals surface area contributed by atoms with Gasteiger partial charge in [0.1, 0.15) is 5.75 Å². The van der Waals surface area contributed by atoms with Crippen molar-refractivity contribution in [1.29, 1.82) is 0 Å². The molecule has 20 heavy (non-hydrogen) atoms. The van der Waals surface area contributed by atoms with Crippen LogP contribution >= 0.6 is 0 Å². The third-order valence-corrected chi connectivity index (χ3v) is 3.10. The Bertz CT molecular complexity index is 406. The highest BCUT2D eigenvalue weighted by molar-refractivity contribution is 5.77. The number of ether oxygens (including phenoxy) is 1. The number of nitrogen functional groups attached to an aromatic ring is 1. The fraction of sp³-hybridized carbons (Fsp3) is 0.533. The zero-order valence-electron chi connectivity index (χ0n) is 12.4. The Balaban J connectivity index is 2.14. The van der Waals surface area contributed by atoms with Crippen molar-refractivity contribution in [3.05, 3.63) is 24.3 Å². The van der Waals surface area contributed by atoms with Gasteiger partial charge in [0.05, 0.1) is 0 Å². The van der Waals surface area contributed by atoms with E-state index in [1.54, 1.807) is 24.3 Å². The molecule has 0 fully saturated rings. The van der Waals surface area contributed by atoms with Gasteiger partial charge in [-0.2, -0.15) is 0 Å². The molecular formula is C15H25N3O2. The first-order valence-corrected chi connectivity index (χ1v) is 7.13. The largest absolute Gasteiger partial charge is 0.484 e. The Morgan fingerprint density at radius 2 is 2.10 bits per heavy atom. The van der Waals surface area contributed by atoms with Crippen LogP contribution in [0, 0.1) is 0 Å². The molecule has 0 aromatic heterocycles. The molecule has 3 N–H and O–H groups in total. The van der Waals surface area contributed by atoms with Crippen LogP contribution in [-0.2, 0) is 4.79 Å². The lowest BCUT2D eigenvalue weighted by Crippen LogP contribution is -2.32. The standard InChI is InChI=1S/C15H25N3O2/c1-3-18(4-2)10-6-9-17-15(19)12-20-14-8-5-7-13(16)11-14/h5,7-8,11H,3-4,6,9-10,12,16H2,1-2H3,(H,17,19). The normalized spacial score (nSPS) is 10.6. The molecule has 112 valence electrons. The van der Waals surface area contributed by atoms with Gasteiger partial charge < -0.3 is 20.7 Å². The molecule has 0 spiro atoms. The smallest absolute Gasteiger partial charge is 0.257 e. The minimum atomic E-state index is -0.105. The molecule has 0 heterocycles. The van der Waals surface area contributed by atoms with Gasteiger partial charge in [-0.3, -0.25) is 4.79 Å². The highest BCUT2D eigenvalue weighted by Crippen LogP contribution is 2.13. The Hall–Kier alpha value is -1.75. The molecule has 0 aliphatic rings. The molecule has 0 unspecified atom stereocenters. The van der Waals surface area contributed by atoms with Gasteiger partial charge in [-0.05, 0) is 38.2 Å². The van der Waals surface area contributed by atoms with E-state index in [0.717, 1.165) is 26.1 Å². The Morgan fingerprint density at radius 1 is 1.35 bits per heavy atom. The number of anilines is 1. The topological polar surface area (TPSA) is 67.6 Å². The van der Waals surface area contributed by atoms with Crippen molar-refractivity contribution in [1.82, 2.24) is 10.2 Å². The summed E-state index contributed by atoms with van der Waals surface area (Å²) in [6, 6.07) is 7.06. The second-order valence-corrected chi connectivity index (χ2v) is 4.59. The molecule has 0 saturated heterocycles. The summed E-state index contributed by atoms with van der Waals surface area (Å²) in [4.78, 5) is 13.9. The van der Waals surface area contributed by atoms with E-state index in [1.807, 2.05) is 0 Å². The maximum Gasteiger partial charge on any atom is 0.257 e. The predicted molar refractivity (Wildman–Crippen MR) is 81.8 cm³/mol. The third kappa shape index (κ3) is 6.43. The molecule has 0 aliphatic heterocycles. The minimum Gasteiger partial charge on any atom is -0.484 e. The molecule has 1 amide bonds. The molecule has 0 atom stereocenters. The number of carbonyl (C=O) groups is 1.